The zero-order chi connectivity index (χ0) is 13.9. The lowest BCUT2D eigenvalue weighted by molar-refractivity contribution is -0.121. The third-order valence-corrected chi connectivity index (χ3v) is 2.64. The molecule has 2 amide bonds. The van der Waals surface area contributed by atoms with Gasteiger partial charge in [0, 0.05) is 13.1 Å². The quantitative estimate of drug-likeness (QED) is 0.531. The predicted octanol–water partition coefficient (Wildman–Crippen LogP) is 1.36. The number of para-hydroxylation sites is 1. The van der Waals surface area contributed by atoms with Crippen LogP contribution < -0.4 is 15.4 Å². The topological polar surface area (TPSA) is 67.4 Å². The van der Waals surface area contributed by atoms with Gasteiger partial charge in [0.05, 0.1) is 18.1 Å². The molecule has 0 unspecified atom stereocenters. The van der Waals surface area contributed by atoms with Crippen molar-refractivity contribution in [1.29, 1.82) is 0 Å². The number of hydrogen-bond acceptors (Lipinski definition) is 3. The summed E-state index contributed by atoms with van der Waals surface area (Å²) in [6.45, 7) is 1.37. The van der Waals surface area contributed by atoms with Crippen molar-refractivity contribution in [2.75, 3.05) is 19.7 Å². The number of ether oxygens (including phenoxy) is 1. The highest BCUT2D eigenvalue weighted by atomic mass is 35.5. The number of amides is 2. The monoisotopic (exact) mass is 284 g/mol. The van der Waals surface area contributed by atoms with Crippen LogP contribution in [0.25, 0.3) is 0 Å². The van der Waals surface area contributed by atoms with Crippen molar-refractivity contribution in [3.8, 4) is 5.75 Å². The molecule has 0 aromatic heterocycles. The highest BCUT2D eigenvalue weighted by molar-refractivity contribution is 6.32. The second kappa shape index (κ2) is 9.22. The van der Waals surface area contributed by atoms with E-state index in [0.29, 0.717) is 36.7 Å². The number of halogens is 1. The van der Waals surface area contributed by atoms with Gasteiger partial charge in [0.2, 0.25) is 12.3 Å². The lowest BCUT2D eigenvalue weighted by Crippen LogP contribution is -2.28. The Balaban J connectivity index is 2.10. The van der Waals surface area contributed by atoms with Gasteiger partial charge in [-0.05, 0) is 18.6 Å². The van der Waals surface area contributed by atoms with E-state index in [-0.39, 0.29) is 18.9 Å². The highest BCUT2D eigenvalue weighted by Crippen LogP contribution is 2.22. The van der Waals surface area contributed by atoms with E-state index >= 15 is 0 Å². The molecule has 2 N–H and O–H groups in total. The van der Waals surface area contributed by atoms with Gasteiger partial charge in [0.15, 0.2) is 0 Å². The molecule has 0 aliphatic heterocycles. The SMILES string of the molecule is O=CNCCCNC(=O)CCOc1ccccc1Cl. The number of hydrogen-bond donors (Lipinski definition) is 2. The standard InChI is InChI=1S/C13H17ClN2O3/c14-11-4-1-2-5-12(11)19-9-6-13(18)16-8-3-7-15-10-17/h1-2,4-5,10H,3,6-9H2,(H,15,17)(H,16,18). The first-order chi connectivity index (χ1) is 9.24. The summed E-state index contributed by atoms with van der Waals surface area (Å²) in [6.07, 6.45) is 1.61. The van der Waals surface area contributed by atoms with Gasteiger partial charge in [-0.15, -0.1) is 0 Å². The molecule has 19 heavy (non-hydrogen) atoms. The second-order valence-corrected chi connectivity index (χ2v) is 4.21. The fraction of sp³-hybridized carbons (Fsp3) is 0.385. The summed E-state index contributed by atoms with van der Waals surface area (Å²) in [5.74, 6) is 0.491. The first-order valence-electron chi connectivity index (χ1n) is 6.05. The Hall–Kier alpha value is -1.75. The van der Waals surface area contributed by atoms with Gasteiger partial charge in [0.25, 0.3) is 0 Å². The molecule has 1 aromatic carbocycles. The average molecular weight is 285 g/mol. The van der Waals surface area contributed by atoms with E-state index in [1.54, 1.807) is 12.1 Å². The Kier molecular flexibility index (Phi) is 7.43. The Bertz CT molecular complexity index is 413. The van der Waals surface area contributed by atoms with E-state index in [4.69, 9.17) is 16.3 Å². The molecule has 0 aliphatic rings. The minimum absolute atomic E-state index is 0.0850. The van der Waals surface area contributed by atoms with E-state index in [0.717, 1.165) is 0 Å². The normalized spacial score (nSPS) is 9.74. The lowest BCUT2D eigenvalue weighted by atomic mass is 10.3. The van der Waals surface area contributed by atoms with Crippen LogP contribution in [0.2, 0.25) is 5.02 Å². The third-order valence-electron chi connectivity index (χ3n) is 2.33. The molecule has 0 bridgehead atoms. The van der Waals surface area contributed by atoms with Crippen molar-refractivity contribution in [3.63, 3.8) is 0 Å². The van der Waals surface area contributed by atoms with E-state index in [1.807, 2.05) is 12.1 Å². The van der Waals surface area contributed by atoms with Gasteiger partial charge in [-0.1, -0.05) is 23.7 Å². The van der Waals surface area contributed by atoms with Crippen LogP contribution in [0.4, 0.5) is 0 Å². The van der Waals surface area contributed by atoms with Crippen molar-refractivity contribution >= 4 is 23.9 Å². The largest absolute Gasteiger partial charge is 0.491 e. The van der Waals surface area contributed by atoms with Crippen molar-refractivity contribution in [3.05, 3.63) is 29.3 Å². The highest BCUT2D eigenvalue weighted by Gasteiger charge is 2.03. The fourth-order valence-corrected chi connectivity index (χ4v) is 1.57. The average Bonchev–Trinajstić information content (AvgIpc) is 2.41. The zero-order valence-corrected chi connectivity index (χ0v) is 11.3. The van der Waals surface area contributed by atoms with Gasteiger partial charge in [0.1, 0.15) is 5.75 Å². The fourth-order valence-electron chi connectivity index (χ4n) is 1.38. The molecule has 104 valence electrons. The van der Waals surface area contributed by atoms with Gasteiger partial charge >= 0.3 is 0 Å². The van der Waals surface area contributed by atoms with Gasteiger partial charge in [-0.2, -0.15) is 0 Å². The molecule has 1 aromatic rings. The molecule has 0 radical (unpaired) electrons. The molecule has 0 saturated heterocycles. The van der Waals surface area contributed by atoms with Gasteiger partial charge in [-0.3, -0.25) is 9.59 Å². The first-order valence-corrected chi connectivity index (χ1v) is 6.43. The van der Waals surface area contributed by atoms with Crippen molar-refractivity contribution in [1.82, 2.24) is 10.6 Å². The maximum absolute atomic E-state index is 11.4. The Morgan fingerprint density at radius 1 is 1.32 bits per heavy atom. The summed E-state index contributed by atoms with van der Waals surface area (Å²) in [5, 5.41) is 5.79. The van der Waals surface area contributed by atoms with Crippen LogP contribution in [0.5, 0.6) is 5.75 Å². The van der Waals surface area contributed by atoms with Gasteiger partial charge < -0.3 is 15.4 Å². The van der Waals surface area contributed by atoms with Crippen LogP contribution in [0.15, 0.2) is 24.3 Å². The Morgan fingerprint density at radius 2 is 2.11 bits per heavy atom. The van der Waals surface area contributed by atoms with E-state index in [2.05, 4.69) is 10.6 Å². The molecule has 5 nitrogen and oxygen atoms in total. The minimum atomic E-state index is -0.0850. The molecular weight excluding hydrogens is 268 g/mol. The predicted molar refractivity (Wildman–Crippen MR) is 73.3 cm³/mol. The lowest BCUT2D eigenvalue weighted by Gasteiger charge is -2.08. The van der Waals surface area contributed by atoms with Crippen LogP contribution in [0.3, 0.4) is 0 Å². The molecule has 0 atom stereocenters. The Labute approximate surface area is 117 Å². The summed E-state index contributed by atoms with van der Waals surface area (Å²) in [7, 11) is 0. The van der Waals surface area contributed by atoms with Crippen molar-refractivity contribution in [2.45, 2.75) is 12.8 Å². The number of nitrogens with one attached hydrogen (secondary N) is 2. The maximum atomic E-state index is 11.4. The molecule has 6 heteroatoms. The molecule has 0 aliphatic carbocycles. The number of carbonyl (C=O) groups excluding carboxylic acids is 2. The first kappa shape index (κ1) is 15.3. The zero-order valence-electron chi connectivity index (χ0n) is 10.5. The molecule has 0 saturated carbocycles. The molecular formula is C13H17ClN2O3. The van der Waals surface area contributed by atoms with Crippen molar-refractivity contribution < 1.29 is 14.3 Å². The summed E-state index contributed by atoms with van der Waals surface area (Å²) in [6, 6.07) is 7.12. The molecule has 1 rings (SSSR count). The number of benzene rings is 1. The second-order valence-electron chi connectivity index (χ2n) is 3.80. The van der Waals surface area contributed by atoms with Crippen LogP contribution in [0.1, 0.15) is 12.8 Å². The van der Waals surface area contributed by atoms with Crippen LogP contribution in [-0.2, 0) is 9.59 Å². The molecule has 0 spiro atoms. The summed E-state index contributed by atoms with van der Waals surface area (Å²) in [5.41, 5.74) is 0. The van der Waals surface area contributed by atoms with Crippen LogP contribution in [0, 0.1) is 0 Å². The molecule has 0 fully saturated rings. The van der Waals surface area contributed by atoms with E-state index < -0.39 is 0 Å². The van der Waals surface area contributed by atoms with E-state index in [1.165, 1.54) is 0 Å². The smallest absolute Gasteiger partial charge is 0.223 e. The van der Waals surface area contributed by atoms with Crippen LogP contribution >= 0.6 is 11.6 Å². The molecule has 0 heterocycles. The van der Waals surface area contributed by atoms with Gasteiger partial charge in [-0.25, -0.2) is 0 Å². The summed E-state index contributed by atoms with van der Waals surface area (Å²) >= 11 is 5.91. The number of carbonyl (C=O) groups is 2. The minimum Gasteiger partial charge on any atom is -0.491 e. The third kappa shape index (κ3) is 6.67. The van der Waals surface area contributed by atoms with Crippen LogP contribution in [-0.4, -0.2) is 32.0 Å². The van der Waals surface area contributed by atoms with Crippen molar-refractivity contribution in [2.24, 2.45) is 0 Å². The number of rotatable bonds is 9. The summed E-state index contributed by atoms with van der Waals surface area (Å²) < 4.78 is 5.40. The van der Waals surface area contributed by atoms with E-state index in [9.17, 15) is 9.59 Å². The summed E-state index contributed by atoms with van der Waals surface area (Å²) in [4.78, 5) is 21.4. The Morgan fingerprint density at radius 3 is 2.84 bits per heavy atom. The maximum Gasteiger partial charge on any atom is 0.223 e.